The predicted octanol–water partition coefficient (Wildman–Crippen LogP) is -0.603. The molecule has 0 aliphatic heterocycles. The zero-order chi connectivity index (χ0) is 17.5. The third kappa shape index (κ3) is 109. The Morgan fingerprint density at radius 2 is 0.857 bits per heavy atom. The van der Waals surface area contributed by atoms with Crippen LogP contribution in [0.1, 0.15) is 41.5 Å². The summed E-state index contributed by atoms with van der Waals surface area (Å²) in [6.45, 7) is 15.8. The van der Waals surface area contributed by atoms with Gasteiger partial charge in [0.05, 0.1) is 11.9 Å². The van der Waals surface area contributed by atoms with Crippen LogP contribution in [0.4, 0.5) is 0 Å². The zero-order valence-corrected chi connectivity index (χ0v) is 16.1. The fourth-order valence-electron chi connectivity index (χ4n) is 0. The summed E-state index contributed by atoms with van der Waals surface area (Å²) < 4.78 is 0. The number of rotatable bonds is 2. The molecule has 0 atom stereocenters. The number of aliphatic carboxylic acids is 2. The van der Waals surface area contributed by atoms with Crippen LogP contribution >= 0.6 is 0 Å². The van der Waals surface area contributed by atoms with Gasteiger partial charge in [-0.25, -0.2) is 0 Å². The van der Waals surface area contributed by atoms with E-state index in [2.05, 4.69) is 13.2 Å². The van der Waals surface area contributed by atoms with Crippen molar-refractivity contribution < 1.29 is 56.2 Å². The van der Waals surface area contributed by atoms with Crippen LogP contribution in [0.5, 0.6) is 0 Å². The Kier molecular flexibility index (Phi) is 33.0. The molecule has 0 saturated carbocycles. The first-order valence-corrected chi connectivity index (χ1v) is 5.85. The maximum Gasteiger partial charge on any atom is 2.00 e. The molecular formula is C14H26O6Zr. The van der Waals surface area contributed by atoms with Gasteiger partial charge in [-0.05, 0) is 52.7 Å². The summed E-state index contributed by atoms with van der Waals surface area (Å²) in [5.74, 6) is -2.37. The summed E-state index contributed by atoms with van der Waals surface area (Å²) in [5, 5.41) is 35.1. The monoisotopic (exact) mass is 380 g/mol. The summed E-state index contributed by atoms with van der Waals surface area (Å²) in [6.07, 6.45) is -0.333. The number of carboxylic acid groups (broad SMARTS) is 2. The SMILES string of the molecule is C=C(C)C(=O)[O-].C=C(C)C(=O)[O-].CC(C)O.CC(C)O.[Zr+2]. The normalized spacial score (nSPS) is 7.71. The number of carbonyl (C=O) groups is 2. The van der Waals surface area contributed by atoms with Crippen molar-refractivity contribution >= 4 is 11.9 Å². The van der Waals surface area contributed by atoms with Gasteiger partial charge in [0.15, 0.2) is 0 Å². The Morgan fingerprint density at radius 3 is 0.857 bits per heavy atom. The van der Waals surface area contributed by atoms with Gasteiger partial charge in [0.2, 0.25) is 0 Å². The van der Waals surface area contributed by atoms with Crippen molar-refractivity contribution in [2.45, 2.75) is 53.8 Å². The van der Waals surface area contributed by atoms with Gasteiger partial charge >= 0.3 is 26.2 Å². The van der Waals surface area contributed by atoms with Crippen LogP contribution in [-0.4, -0.2) is 34.4 Å². The third-order valence-electron chi connectivity index (χ3n) is 0.697. The Balaban J connectivity index is -0.0000000544. The quantitative estimate of drug-likeness (QED) is 0.616. The summed E-state index contributed by atoms with van der Waals surface area (Å²) in [5.41, 5.74) is 0.130. The first kappa shape index (κ1) is 32.2. The molecule has 6 nitrogen and oxygen atoms in total. The molecule has 0 rings (SSSR count). The van der Waals surface area contributed by atoms with Crippen molar-refractivity contribution in [2.75, 3.05) is 0 Å². The number of hydrogen-bond acceptors (Lipinski definition) is 6. The van der Waals surface area contributed by atoms with Crippen molar-refractivity contribution in [3.8, 4) is 0 Å². The smallest absolute Gasteiger partial charge is 0.545 e. The summed E-state index contributed by atoms with van der Waals surface area (Å²) >= 11 is 0. The average Bonchev–Trinajstić information content (AvgIpc) is 2.15. The van der Waals surface area contributed by atoms with E-state index in [0.717, 1.165) is 0 Å². The maximum atomic E-state index is 9.49. The molecule has 0 aromatic rings. The van der Waals surface area contributed by atoms with Gasteiger partial charge < -0.3 is 30.0 Å². The molecule has 0 fully saturated rings. The van der Waals surface area contributed by atoms with Gasteiger partial charge in [-0.1, -0.05) is 13.2 Å². The van der Waals surface area contributed by atoms with E-state index in [9.17, 15) is 19.8 Å². The molecule has 0 aliphatic carbocycles. The van der Waals surface area contributed by atoms with Gasteiger partial charge in [0, 0.05) is 12.2 Å². The van der Waals surface area contributed by atoms with Crippen LogP contribution < -0.4 is 10.2 Å². The predicted molar refractivity (Wildman–Crippen MR) is 74.4 cm³/mol. The Bertz CT molecular complexity index is 238. The van der Waals surface area contributed by atoms with E-state index in [1.807, 2.05) is 0 Å². The van der Waals surface area contributed by atoms with Gasteiger partial charge in [-0.2, -0.15) is 0 Å². The van der Waals surface area contributed by atoms with E-state index in [4.69, 9.17) is 10.2 Å². The van der Waals surface area contributed by atoms with Gasteiger partial charge in [0.25, 0.3) is 0 Å². The number of hydrogen-bond donors (Lipinski definition) is 2. The van der Waals surface area contributed by atoms with Crippen LogP contribution in [0.15, 0.2) is 24.3 Å². The molecular weight excluding hydrogens is 355 g/mol. The minimum absolute atomic E-state index is 0. The van der Waals surface area contributed by atoms with Crippen molar-refractivity contribution in [3.05, 3.63) is 24.3 Å². The topological polar surface area (TPSA) is 121 Å². The molecule has 0 spiro atoms. The molecule has 0 radical (unpaired) electrons. The third-order valence-corrected chi connectivity index (χ3v) is 0.697. The summed E-state index contributed by atoms with van der Waals surface area (Å²) in [4.78, 5) is 19.0. The Hall–Kier alpha value is -0.777. The minimum atomic E-state index is -1.19. The van der Waals surface area contributed by atoms with E-state index in [1.165, 1.54) is 13.8 Å². The van der Waals surface area contributed by atoms with Crippen LogP contribution in [-0.2, 0) is 35.8 Å². The van der Waals surface area contributed by atoms with E-state index in [0.29, 0.717) is 0 Å². The molecule has 7 heteroatoms. The number of carboxylic acids is 2. The molecule has 122 valence electrons. The van der Waals surface area contributed by atoms with Gasteiger partial charge in [0.1, 0.15) is 0 Å². The van der Waals surface area contributed by atoms with Crippen molar-refractivity contribution in [3.63, 3.8) is 0 Å². The first-order chi connectivity index (χ1) is 8.75. The fourth-order valence-corrected chi connectivity index (χ4v) is 0. The number of carbonyl (C=O) groups excluding carboxylic acids is 2. The fraction of sp³-hybridized carbons (Fsp3) is 0.571. The van der Waals surface area contributed by atoms with Crippen LogP contribution in [0.2, 0.25) is 0 Å². The molecule has 2 N–H and O–H groups in total. The second kappa shape index (κ2) is 21.5. The van der Waals surface area contributed by atoms with Crippen LogP contribution in [0.25, 0.3) is 0 Å². The molecule has 0 heterocycles. The second-order valence-electron chi connectivity index (χ2n) is 4.32. The molecule has 0 aromatic carbocycles. The number of aliphatic hydroxyl groups is 2. The second-order valence-corrected chi connectivity index (χ2v) is 4.32. The molecule has 0 saturated heterocycles. The first-order valence-electron chi connectivity index (χ1n) is 5.85. The largest absolute Gasteiger partial charge is 2.00 e. The molecule has 0 unspecified atom stereocenters. The summed E-state index contributed by atoms with van der Waals surface area (Å²) in [6, 6.07) is 0. The summed E-state index contributed by atoms with van der Waals surface area (Å²) in [7, 11) is 0. The van der Waals surface area contributed by atoms with Gasteiger partial charge in [-0.15, -0.1) is 0 Å². The maximum absolute atomic E-state index is 9.49. The van der Waals surface area contributed by atoms with E-state index in [-0.39, 0.29) is 49.6 Å². The Labute approximate surface area is 146 Å². The van der Waals surface area contributed by atoms with Crippen molar-refractivity contribution in [1.82, 2.24) is 0 Å². The van der Waals surface area contributed by atoms with Crippen molar-refractivity contribution in [1.29, 1.82) is 0 Å². The minimum Gasteiger partial charge on any atom is -0.545 e. The standard InChI is InChI=1S/2C4H6O2.2C3H8O.Zr/c2*1-3(2)4(5)6;2*1-3(2)4;/h2*1H2,2H3,(H,5,6);2*3-4H,1-2H3;/q;;;;+2/p-2. The van der Waals surface area contributed by atoms with Crippen molar-refractivity contribution in [2.24, 2.45) is 0 Å². The van der Waals surface area contributed by atoms with Crippen LogP contribution in [0.3, 0.4) is 0 Å². The number of aliphatic hydroxyl groups excluding tert-OH is 2. The van der Waals surface area contributed by atoms with Crippen LogP contribution in [0, 0.1) is 0 Å². The molecule has 0 aliphatic rings. The molecule has 0 bridgehead atoms. The van der Waals surface area contributed by atoms with E-state index < -0.39 is 11.9 Å². The van der Waals surface area contributed by atoms with Gasteiger partial charge in [-0.3, -0.25) is 0 Å². The van der Waals surface area contributed by atoms with E-state index in [1.54, 1.807) is 27.7 Å². The molecule has 0 aromatic heterocycles. The molecule has 21 heavy (non-hydrogen) atoms. The molecule has 0 amide bonds. The van der Waals surface area contributed by atoms with E-state index >= 15 is 0 Å². The average molecular weight is 382 g/mol. The zero-order valence-electron chi connectivity index (χ0n) is 13.6. The Morgan fingerprint density at radius 1 is 0.810 bits per heavy atom.